The number of nitrogens with two attached hydrogens (primary N) is 2. The van der Waals surface area contributed by atoms with E-state index in [2.05, 4.69) is 73.1 Å². The van der Waals surface area contributed by atoms with Crippen molar-refractivity contribution in [1.82, 2.24) is 97.6 Å². The quantitative estimate of drug-likeness (QED) is 0.0375. The molecule has 39 nitrogen and oxygen atoms in total. The second-order valence-corrected chi connectivity index (χ2v) is 34.4. The Kier molecular flexibility index (Phi) is 38.0. The van der Waals surface area contributed by atoms with Crippen LogP contribution in [0.1, 0.15) is 135 Å². The summed E-state index contributed by atoms with van der Waals surface area (Å²) in [6.45, 7) is 9.28. The second-order valence-electron chi connectivity index (χ2n) is 33.3. The van der Waals surface area contributed by atoms with Crippen molar-refractivity contribution in [2.75, 3.05) is 65.9 Å². The number of thioether (sulfide) groups is 1. The van der Waals surface area contributed by atoms with Crippen molar-refractivity contribution in [3.63, 3.8) is 0 Å². The molecule has 2 aliphatic heterocycles. The van der Waals surface area contributed by atoms with Gasteiger partial charge in [-0.15, -0.1) is 11.8 Å². The minimum absolute atomic E-state index is 0.0177. The van der Waals surface area contributed by atoms with Crippen LogP contribution in [-0.2, 0) is 107 Å². The summed E-state index contributed by atoms with van der Waals surface area (Å²) in [4.78, 5) is 266. The SMILES string of the molecule is CCCC[C@H]1C(=O)N(C)[C@@H](CCCC)C(=O)N[C@@H](C(C)C)C(=O)N[C@H](C(=O)NCC(N)=O)CSCC(=O)N[C@@H](Cc2ccccc2)C(=O)N(C)[C@@H](C)C(=O)N[C@@H](CC(N)=O)C(=O)N2CCC[C@H]2C(=O)N[C@@H](Cc2cnc[nH]2)C(=O)N[C@@H](CC(C)C)C(=O)N(C)CC(=O)N[C@@H](Cc2c[nH]c3ccccc23)C(=O)N[C@@H](CO)C(=O)N[C@@H](Cc2c[nH]c3ccccc23)C(=O)N1C. The van der Waals surface area contributed by atoms with Crippen LogP contribution in [0.25, 0.3) is 21.8 Å². The fraction of sp³-hybridized carbons (Fsp3) is 0.523. The number of aromatic amines is 3. The smallest absolute Gasteiger partial charge is 0.246 e. The van der Waals surface area contributed by atoms with Crippen LogP contribution < -0.4 is 64.6 Å². The molecule has 17 amide bonds. The van der Waals surface area contributed by atoms with E-state index in [-0.39, 0.29) is 76.0 Å². The number of imidazole rings is 1. The molecule has 8 rings (SSSR count). The number of hydrogen-bond acceptors (Lipinski definition) is 20. The van der Waals surface area contributed by atoms with Crippen molar-refractivity contribution in [2.45, 2.75) is 217 Å². The first-order valence-electron chi connectivity index (χ1n) is 43.1. The van der Waals surface area contributed by atoms with Crippen molar-refractivity contribution in [2.24, 2.45) is 23.3 Å². The Morgan fingerprint density at radius 1 is 0.539 bits per heavy atom. The molecule has 128 heavy (non-hydrogen) atoms. The van der Waals surface area contributed by atoms with E-state index in [1.54, 1.807) is 119 Å². The summed E-state index contributed by atoms with van der Waals surface area (Å²) < 4.78 is 0. The van der Waals surface area contributed by atoms with Gasteiger partial charge in [-0.3, -0.25) is 81.5 Å². The molecule has 0 spiro atoms. The zero-order valence-electron chi connectivity index (χ0n) is 74.3. The van der Waals surface area contributed by atoms with Gasteiger partial charge in [0, 0.05) is 112 Å². The maximum atomic E-state index is 15.6. The maximum Gasteiger partial charge on any atom is 0.246 e. The molecular formula is C88H123N21O18S. The third-order valence-electron chi connectivity index (χ3n) is 22.8. The molecule has 3 aromatic carbocycles. The van der Waals surface area contributed by atoms with Crippen molar-refractivity contribution in [3.8, 4) is 0 Å². The number of primary amides is 2. The minimum Gasteiger partial charge on any atom is -0.394 e. The van der Waals surface area contributed by atoms with Gasteiger partial charge in [-0.05, 0) is 79.7 Å². The maximum absolute atomic E-state index is 15.6. The molecule has 0 unspecified atom stereocenters. The summed E-state index contributed by atoms with van der Waals surface area (Å²) in [5.74, 6) is -16.9. The van der Waals surface area contributed by atoms with Crippen LogP contribution in [0.2, 0.25) is 0 Å². The number of likely N-dealkylation sites (N-methyl/N-ethyl adjacent to an activating group) is 4. The van der Waals surface area contributed by atoms with E-state index in [1.165, 1.54) is 57.4 Å². The first-order valence-corrected chi connectivity index (χ1v) is 44.3. The number of aromatic nitrogens is 4. The molecule has 13 atom stereocenters. The summed E-state index contributed by atoms with van der Waals surface area (Å²) >= 11 is 0.826. The number of carbonyl (C=O) groups is 17. The highest BCUT2D eigenvalue weighted by Gasteiger charge is 2.44. The molecule has 2 saturated heterocycles. The molecule has 2 aliphatic rings. The number of amides is 17. The summed E-state index contributed by atoms with van der Waals surface area (Å²) in [6, 6.07) is 3.44. The standard InChI is InChI=1S/C88H123N21O18S/c1-12-14-30-68-81(120)104-75(50(5)6)83(122)103-67(77(116)94-43-72(90)112)46-128-47-74(114)97-63(35-52-24-17-16-18-25-52)85(124)106(9)51(7)76(115)99-65(39-71(89)111)87(126)109-33-23-32-69(109)82(121)98-61(38-55-42-91-48-95-55)79(118)100-62(34-49(3)4)84(123)105(8)44-73(113)96-60(36-53-40-92-58-28-21-19-26-56(53)58)78(117)102-66(45-110)80(119)101-64(37-54-41-93-59-29-22-20-27-57(54)59)86(125)108(11)70(31-15-13-2)88(127)107(68)10/h16-22,24-29,40-42,48-51,60-70,75,92-93,110H,12-15,23,30-39,43-47H2,1-11H3,(H2,89,111)(H2,90,112)(H,91,95)(H,94,116)(H,96,113)(H,97,114)(H,98,121)(H,99,115)(H,100,118)(H,101,119)(H,102,117)(H,103,122)(H,104,120)/t51-,60-,61-,62-,63-,64-,65-,66-,67-,68-,69-,70-,75-/m0/s1. The number of carbonyl (C=O) groups excluding carboxylic acids is 17. The summed E-state index contributed by atoms with van der Waals surface area (Å²) in [7, 11) is 5.31. The molecule has 2 fully saturated rings. The van der Waals surface area contributed by atoms with Gasteiger partial charge in [-0.25, -0.2) is 4.98 Å². The summed E-state index contributed by atoms with van der Waals surface area (Å²) in [6.07, 6.45) is 6.48. The lowest BCUT2D eigenvalue weighted by molar-refractivity contribution is -0.149. The van der Waals surface area contributed by atoms with Crippen molar-refractivity contribution < 1.29 is 86.6 Å². The number of benzene rings is 3. The van der Waals surface area contributed by atoms with Gasteiger partial charge in [0.2, 0.25) is 100 Å². The Bertz CT molecular complexity index is 4910. The average Bonchev–Trinajstić information content (AvgIpc) is 1.12. The number of unbranched alkanes of at least 4 members (excludes halogenated alkanes) is 2. The van der Waals surface area contributed by atoms with Crippen LogP contribution in [0.15, 0.2) is 104 Å². The monoisotopic (exact) mass is 1790 g/mol. The lowest BCUT2D eigenvalue weighted by Crippen LogP contribution is -2.61. The molecule has 0 bridgehead atoms. The largest absolute Gasteiger partial charge is 0.394 e. The van der Waals surface area contributed by atoms with E-state index in [0.29, 0.717) is 69.9 Å². The number of nitrogens with zero attached hydrogens (tertiary/aromatic N) is 6. The highest BCUT2D eigenvalue weighted by Crippen LogP contribution is 2.26. The van der Waals surface area contributed by atoms with E-state index >= 15 is 24.0 Å². The van der Waals surface area contributed by atoms with E-state index < -0.39 is 217 Å². The third-order valence-corrected chi connectivity index (χ3v) is 23.8. The van der Waals surface area contributed by atoms with E-state index in [0.717, 1.165) is 26.5 Å². The molecule has 40 heteroatoms. The molecule has 0 saturated carbocycles. The normalized spacial score (nSPS) is 24.0. The van der Waals surface area contributed by atoms with Crippen LogP contribution >= 0.6 is 11.8 Å². The van der Waals surface area contributed by atoms with Gasteiger partial charge in [-0.2, -0.15) is 0 Å². The zero-order valence-corrected chi connectivity index (χ0v) is 75.1. The zero-order chi connectivity index (χ0) is 93.8. The van der Waals surface area contributed by atoms with E-state index in [9.17, 15) is 62.6 Å². The number of nitrogens with one attached hydrogen (secondary N) is 13. The Labute approximate surface area is 746 Å². The van der Waals surface area contributed by atoms with Crippen molar-refractivity contribution in [1.29, 1.82) is 0 Å². The topological polar surface area (TPSA) is 559 Å². The van der Waals surface area contributed by atoms with Gasteiger partial charge in [0.15, 0.2) is 0 Å². The van der Waals surface area contributed by atoms with Gasteiger partial charge in [-0.1, -0.05) is 134 Å². The first kappa shape index (κ1) is 101. The van der Waals surface area contributed by atoms with Crippen LogP contribution in [0, 0.1) is 11.8 Å². The van der Waals surface area contributed by atoms with Gasteiger partial charge >= 0.3 is 0 Å². The predicted octanol–water partition coefficient (Wildman–Crippen LogP) is -0.745. The number of aliphatic hydroxyl groups excluding tert-OH is 1. The third kappa shape index (κ3) is 28.1. The average molecular weight is 1800 g/mol. The van der Waals surface area contributed by atoms with E-state index in [1.807, 2.05) is 13.8 Å². The fourth-order valence-corrected chi connectivity index (χ4v) is 16.4. The van der Waals surface area contributed by atoms with Crippen molar-refractivity contribution >= 4 is 134 Å². The van der Waals surface area contributed by atoms with Gasteiger partial charge < -0.3 is 109 Å². The molecule has 694 valence electrons. The van der Waals surface area contributed by atoms with Crippen molar-refractivity contribution in [3.05, 3.63) is 126 Å². The molecule has 6 aromatic rings. The number of rotatable bonds is 23. The molecule has 0 aliphatic carbocycles. The lowest BCUT2D eigenvalue weighted by Gasteiger charge is -2.36. The van der Waals surface area contributed by atoms with Crippen LogP contribution in [-0.4, -0.2) is 294 Å². The Morgan fingerprint density at radius 3 is 1.66 bits per heavy atom. The van der Waals surface area contributed by atoms with Crippen LogP contribution in [0.4, 0.5) is 0 Å². The lowest BCUT2D eigenvalue weighted by atomic mass is 9.99. The molecule has 5 heterocycles. The molecule has 3 aromatic heterocycles. The first-order chi connectivity index (χ1) is 60.9. The molecule has 18 N–H and O–H groups in total. The molecular weight excluding hydrogens is 1670 g/mol. The highest BCUT2D eigenvalue weighted by atomic mass is 32.2. The number of aliphatic hydroxyl groups is 1. The minimum atomic E-state index is -1.83. The Hall–Kier alpha value is -12.8. The predicted molar refractivity (Wildman–Crippen MR) is 475 cm³/mol. The molecule has 0 radical (unpaired) electrons. The Morgan fingerprint density at radius 2 is 1.08 bits per heavy atom. The summed E-state index contributed by atoms with van der Waals surface area (Å²) in [5.41, 5.74) is 14.5. The number of hydrogen-bond donors (Lipinski definition) is 16. The van der Waals surface area contributed by atoms with Gasteiger partial charge in [0.25, 0.3) is 0 Å². The number of fused-ring (bicyclic) bond motifs is 3. The van der Waals surface area contributed by atoms with Gasteiger partial charge in [0.1, 0.15) is 78.5 Å². The van der Waals surface area contributed by atoms with Crippen LogP contribution in [0.3, 0.4) is 0 Å². The number of para-hydroxylation sites is 2. The van der Waals surface area contributed by atoms with Crippen LogP contribution in [0.5, 0.6) is 0 Å². The fourth-order valence-electron chi connectivity index (χ4n) is 15.5. The number of H-pyrrole nitrogens is 3. The highest BCUT2D eigenvalue weighted by molar-refractivity contribution is 8.00. The van der Waals surface area contributed by atoms with Gasteiger partial charge in [0.05, 0.1) is 38.2 Å². The second kappa shape index (κ2) is 48.3. The Balaban J connectivity index is 1.17. The van der Waals surface area contributed by atoms with E-state index in [4.69, 9.17) is 11.5 Å². The summed E-state index contributed by atoms with van der Waals surface area (Å²) in [5, 5.41) is 39.1.